The quantitative estimate of drug-likeness (QED) is 0.782. The second kappa shape index (κ2) is 8.31. The van der Waals surface area contributed by atoms with Crippen molar-refractivity contribution in [2.45, 2.75) is 10.2 Å². The van der Waals surface area contributed by atoms with Crippen molar-refractivity contribution in [2.75, 3.05) is 20.8 Å². The highest BCUT2D eigenvalue weighted by molar-refractivity contribution is 6.76. The number of ether oxygens (including phenoxy) is 2. The number of benzene rings is 1. The second-order valence-corrected chi connectivity index (χ2v) is 6.43. The van der Waals surface area contributed by atoms with Crippen molar-refractivity contribution in [3.8, 4) is 11.5 Å². The Hall–Kier alpha value is -1.37. The Morgan fingerprint density at radius 2 is 1.77 bits per heavy atom. The molecule has 22 heavy (non-hydrogen) atoms. The number of halogens is 3. The Morgan fingerprint density at radius 3 is 2.32 bits per heavy atom. The standard InChI is InChI=1S/C13H15Cl3N2O4/c1-21-9-4-3-8(7-10(9)22-2)5-6-17-12(20)18-11(19)13(14,15)16/h3-4,7H,5-6H2,1-2H3,(H2,17,18,19,20). The first-order valence-electron chi connectivity index (χ1n) is 6.15. The molecule has 0 radical (unpaired) electrons. The highest BCUT2D eigenvalue weighted by atomic mass is 35.6. The highest BCUT2D eigenvalue weighted by Gasteiger charge is 2.31. The molecule has 0 aliphatic carbocycles. The van der Waals surface area contributed by atoms with Crippen molar-refractivity contribution in [1.29, 1.82) is 0 Å². The van der Waals surface area contributed by atoms with Gasteiger partial charge in [-0.05, 0) is 24.1 Å². The fraction of sp³-hybridized carbons (Fsp3) is 0.385. The largest absolute Gasteiger partial charge is 0.493 e. The third-order valence-electron chi connectivity index (χ3n) is 2.63. The zero-order chi connectivity index (χ0) is 16.8. The van der Waals surface area contributed by atoms with Crippen LogP contribution in [0.4, 0.5) is 4.79 Å². The molecule has 0 aromatic heterocycles. The van der Waals surface area contributed by atoms with Crippen LogP contribution < -0.4 is 20.1 Å². The lowest BCUT2D eigenvalue weighted by molar-refractivity contribution is -0.119. The van der Waals surface area contributed by atoms with Gasteiger partial charge in [-0.2, -0.15) is 0 Å². The number of alkyl halides is 3. The number of carbonyl (C=O) groups excluding carboxylic acids is 2. The van der Waals surface area contributed by atoms with Crippen molar-refractivity contribution < 1.29 is 19.1 Å². The minimum atomic E-state index is -2.18. The summed E-state index contributed by atoms with van der Waals surface area (Å²) in [6.07, 6.45) is 0.524. The topological polar surface area (TPSA) is 76.7 Å². The molecule has 1 aromatic rings. The first-order chi connectivity index (χ1) is 10.3. The van der Waals surface area contributed by atoms with Gasteiger partial charge in [-0.25, -0.2) is 4.79 Å². The molecule has 6 nitrogen and oxygen atoms in total. The third-order valence-corrected chi connectivity index (χ3v) is 3.15. The molecule has 1 aromatic carbocycles. The zero-order valence-corrected chi connectivity index (χ0v) is 14.2. The Morgan fingerprint density at radius 1 is 1.14 bits per heavy atom. The molecule has 0 atom stereocenters. The lowest BCUT2D eigenvalue weighted by Gasteiger charge is -2.12. The normalized spacial score (nSPS) is 10.8. The Balaban J connectivity index is 2.47. The molecule has 0 spiro atoms. The number of imide groups is 1. The Kier molecular flexibility index (Phi) is 7.06. The summed E-state index contributed by atoms with van der Waals surface area (Å²) in [7, 11) is 3.08. The number of nitrogens with one attached hydrogen (secondary N) is 2. The summed E-state index contributed by atoms with van der Waals surface area (Å²) < 4.78 is 8.13. The van der Waals surface area contributed by atoms with Crippen LogP contribution in [0.2, 0.25) is 0 Å². The van der Waals surface area contributed by atoms with Gasteiger partial charge in [0.05, 0.1) is 14.2 Å². The highest BCUT2D eigenvalue weighted by Crippen LogP contribution is 2.27. The molecule has 0 aliphatic rings. The minimum Gasteiger partial charge on any atom is -0.493 e. The van der Waals surface area contributed by atoms with Crippen LogP contribution in [0.1, 0.15) is 5.56 Å². The lowest BCUT2D eigenvalue weighted by atomic mass is 10.1. The predicted octanol–water partition coefficient (Wildman–Crippen LogP) is 2.44. The van der Waals surface area contributed by atoms with Gasteiger partial charge in [-0.3, -0.25) is 10.1 Å². The minimum absolute atomic E-state index is 0.286. The molecular weight excluding hydrogens is 355 g/mol. The number of methoxy groups -OCH3 is 2. The summed E-state index contributed by atoms with van der Waals surface area (Å²) in [5, 5.41) is 4.40. The molecule has 3 amide bonds. The summed E-state index contributed by atoms with van der Waals surface area (Å²) in [6.45, 7) is 0.286. The third kappa shape index (κ3) is 5.79. The van der Waals surface area contributed by atoms with Gasteiger partial charge >= 0.3 is 6.03 Å². The van der Waals surface area contributed by atoms with E-state index in [-0.39, 0.29) is 6.54 Å². The molecule has 9 heteroatoms. The van der Waals surface area contributed by atoms with Crippen molar-refractivity contribution in [3.63, 3.8) is 0 Å². The van der Waals surface area contributed by atoms with Crippen molar-refractivity contribution in [1.82, 2.24) is 10.6 Å². The number of hydrogen-bond acceptors (Lipinski definition) is 4. The number of urea groups is 1. The molecule has 0 saturated heterocycles. The second-order valence-electron chi connectivity index (χ2n) is 4.15. The molecular formula is C13H15Cl3N2O4. The van der Waals surface area contributed by atoms with E-state index >= 15 is 0 Å². The average molecular weight is 370 g/mol. The fourth-order valence-electron chi connectivity index (χ4n) is 1.57. The van der Waals surface area contributed by atoms with Crippen LogP contribution in [-0.2, 0) is 11.2 Å². The van der Waals surface area contributed by atoms with Crippen LogP contribution in [0.5, 0.6) is 11.5 Å². The van der Waals surface area contributed by atoms with Crippen molar-refractivity contribution in [3.05, 3.63) is 23.8 Å². The van der Waals surface area contributed by atoms with Crippen molar-refractivity contribution in [2.24, 2.45) is 0 Å². The maximum Gasteiger partial charge on any atom is 0.321 e. The van der Waals surface area contributed by atoms with Gasteiger partial charge in [-0.1, -0.05) is 40.9 Å². The predicted molar refractivity (Wildman–Crippen MR) is 85.1 cm³/mol. The average Bonchev–Trinajstić information content (AvgIpc) is 2.45. The molecule has 0 unspecified atom stereocenters. The van der Waals surface area contributed by atoms with Crippen LogP contribution in [0, 0.1) is 0 Å². The van der Waals surface area contributed by atoms with E-state index in [0.717, 1.165) is 5.56 Å². The Labute approximate surface area is 143 Å². The van der Waals surface area contributed by atoms with Crippen LogP contribution in [0.15, 0.2) is 18.2 Å². The van der Waals surface area contributed by atoms with Gasteiger partial charge in [-0.15, -0.1) is 0 Å². The van der Waals surface area contributed by atoms with E-state index in [9.17, 15) is 9.59 Å². The van der Waals surface area contributed by atoms with E-state index in [1.165, 1.54) is 7.11 Å². The van der Waals surface area contributed by atoms with Crippen LogP contribution >= 0.6 is 34.8 Å². The maximum atomic E-state index is 11.5. The van der Waals surface area contributed by atoms with Gasteiger partial charge in [0.1, 0.15) is 0 Å². The number of hydrogen-bond donors (Lipinski definition) is 2. The molecule has 2 N–H and O–H groups in total. The van der Waals surface area contributed by atoms with E-state index < -0.39 is 15.7 Å². The summed E-state index contributed by atoms with van der Waals surface area (Å²) in [6, 6.07) is 4.66. The molecule has 0 saturated carbocycles. The fourth-order valence-corrected chi connectivity index (χ4v) is 1.72. The number of carbonyl (C=O) groups is 2. The molecule has 0 fully saturated rings. The van der Waals surface area contributed by atoms with Gasteiger partial charge in [0.2, 0.25) is 0 Å². The van der Waals surface area contributed by atoms with E-state index in [2.05, 4.69) is 5.32 Å². The SMILES string of the molecule is COc1ccc(CCNC(=O)NC(=O)C(Cl)(Cl)Cl)cc1OC. The molecule has 0 heterocycles. The first kappa shape index (κ1) is 18.7. The molecule has 0 aliphatic heterocycles. The summed E-state index contributed by atoms with van der Waals surface area (Å²) in [4.78, 5) is 22.7. The molecule has 122 valence electrons. The van der Waals surface area contributed by atoms with Gasteiger partial charge in [0, 0.05) is 6.54 Å². The summed E-state index contributed by atoms with van der Waals surface area (Å²) in [5.74, 6) is 0.196. The first-order valence-corrected chi connectivity index (χ1v) is 7.28. The van der Waals surface area contributed by atoms with Gasteiger partial charge in [0.25, 0.3) is 9.70 Å². The van der Waals surface area contributed by atoms with Crippen molar-refractivity contribution >= 4 is 46.7 Å². The monoisotopic (exact) mass is 368 g/mol. The van der Waals surface area contributed by atoms with Gasteiger partial charge < -0.3 is 14.8 Å². The van der Waals surface area contributed by atoms with Crippen LogP contribution in [0.3, 0.4) is 0 Å². The summed E-state index contributed by atoms with van der Waals surface area (Å²) >= 11 is 16.0. The lowest BCUT2D eigenvalue weighted by Crippen LogP contribution is -2.45. The Bertz CT molecular complexity index is 547. The molecule has 0 bridgehead atoms. The number of amides is 3. The van der Waals surface area contributed by atoms with E-state index in [1.54, 1.807) is 19.2 Å². The van der Waals surface area contributed by atoms with Crippen LogP contribution in [-0.4, -0.2) is 36.5 Å². The molecule has 1 rings (SSSR count). The maximum absolute atomic E-state index is 11.5. The van der Waals surface area contributed by atoms with Gasteiger partial charge in [0.15, 0.2) is 11.5 Å². The summed E-state index contributed by atoms with van der Waals surface area (Å²) in [5.41, 5.74) is 0.922. The van der Waals surface area contributed by atoms with E-state index in [0.29, 0.717) is 17.9 Å². The number of rotatable bonds is 5. The smallest absolute Gasteiger partial charge is 0.321 e. The van der Waals surface area contributed by atoms with Crippen LogP contribution in [0.25, 0.3) is 0 Å². The van der Waals surface area contributed by atoms with E-state index in [4.69, 9.17) is 44.3 Å². The zero-order valence-electron chi connectivity index (χ0n) is 11.9. The van der Waals surface area contributed by atoms with E-state index in [1.807, 2.05) is 11.4 Å².